The third-order valence-electron chi connectivity index (χ3n) is 5.69. The highest BCUT2D eigenvalue weighted by molar-refractivity contribution is 7.20. The molecule has 0 radical (unpaired) electrons. The first-order valence-electron chi connectivity index (χ1n) is 10.1. The van der Waals surface area contributed by atoms with Gasteiger partial charge in [-0.05, 0) is 43.2 Å². The Hall–Kier alpha value is -3.52. The molecule has 3 heterocycles. The van der Waals surface area contributed by atoms with Crippen LogP contribution in [0.25, 0.3) is 15.3 Å². The maximum atomic E-state index is 13.2. The molecule has 1 unspecified atom stereocenters. The number of aryl methyl sites for hydroxylation is 2. The Morgan fingerprint density at radius 2 is 1.84 bits per heavy atom. The Balaban J connectivity index is 1.52. The maximum absolute atomic E-state index is 13.2. The third-order valence-corrected chi connectivity index (χ3v) is 6.71. The number of thiazole rings is 1. The molecule has 2 aromatic carbocycles. The molecule has 2 amide bonds. The van der Waals surface area contributed by atoms with Gasteiger partial charge in [0, 0.05) is 12.1 Å². The average Bonchev–Trinajstić information content (AvgIpc) is 3.41. The van der Waals surface area contributed by atoms with Crippen LogP contribution in [0.4, 0.5) is 5.69 Å². The number of carbonyl (C=O) groups is 2. The zero-order valence-electron chi connectivity index (χ0n) is 17.1. The minimum absolute atomic E-state index is 0.0257. The maximum Gasteiger partial charge on any atom is 0.277 e. The van der Waals surface area contributed by atoms with Gasteiger partial charge in [0.1, 0.15) is 0 Å². The zero-order valence-corrected chi connectivity index (χ0v) is 17.9. The van der Waals surface area contributed by atoms with E-state index < -0.39 is 5.92 Å². The summed E-state index contributed by atoms with van der Waals surface area (Å²) in [7, 11) is 0. The van der Waals surface area contributed by atoms with Crippen molar-refractivity contribution in [3.63, 3.8) is 0 Å². The molecule has 1 fully saturated rings. The van der Waals surface area contributed by atoms with Crippen molar-refractivity contribution in [2.75, 3.05) is 4.90 Å². The van der Waals surface area contributed by atoms with Gasteiger partial charge in [-0.2, -0.15) is 4.68 Å². The number of nitrogens with zero attached hydrogens (tertiary/aromatic N) is 3. The van der Waals surface area contributed by atoms with E-state index in [9.17, 15) is 14.4 Å². The van der Waals surface area contributed by atoms with Crippen molar-refractivity contribution in [1.82, 2.24) is 14.8 Å². The van der Waals surface area contributed by atoms with Crippen LogP contribution in [0, 0.1) is 6.92 Å². The van der Waals surface area contributed by atoms with E-state index in [1.165, 1.54) is 20.9 Å². The number of rotatable bonds is 4. The van der Waals surface area contributed by atoms with Gasteiger partial charge in [-0.25, -0.2) is 4.98 Å². The molecule has 0 spiro atoms. The highest BCUT2D eigenvalue weighted by atomic mass is 32.1. The van der Waals surface area contributed by atoms with Gasteiger partial charge in [-0.15, -0.1) is 0 Å². The third kappa shape index (κ3) is 3.11. The van der Waals surface area contributed by atoms with Crippen LogP contribution in [0.15, 0.2) is 53.3 Å². The van der Waals surface area contributed by atoms with Crippen LogP contribution in [-0.2, 0) is 16.0 Å². The number of benzene rings is 2. The number of hydrogen-bond acceptors (Lipinski definition) is 5. The van der Waals surface area contributed by atoms with E-state index in [1.54, 1.807) is 19.1 Å². The van der Waals surface area contributed by atoms with E-state index in [1.807, 2.05) is 43.3 Å². The predicted octanol–water partition coefficient (Wildman–Crippen LogP) is 3.69. The number of nitrogens with one attached hydrogen (secondary N) is 1. The van der Waals surface area contributed by atoms with Crippen molar-refractivity contribution in [3.05, 3.63) is 75.7 Å². The molecule has 1 aliphatic heterocycles. The highest BCUT2D eigenvalue weighted by Gasteiger charge is 2.43. The number of carbonyl (C=O) groups excluding carboxylic acids is 2. The van der Waals surface area contributed by atoms with E-state index in [0.29, 0.717) is 22.1 Å². The molecule has 0 bridgehead atoms. The SMILES string of the molecule is CCc1ccc(N2C(=O)CC(c3c(C)[nH]n(-c4nc5ccccc5s4)c3=O)C2=O)cc1. The monoisotopic (exact) mass is 432 g/mol. The van der Waals surface area contributed by atoms with E-state index in [4.69, 9.17) is 0 Å². The van der Waals surface area contributed by atoms with Gasteiger partial charge < -0.3 is 0 Å². The summed E-state index contributed by atoms with van der Waals surface area (Å²) in [6.07, 6.45) is 0.848. The first-order valence-corrected chi connectivity index (χ1v) is 10.9. The van der Waals surface area contributed by atoms with E-state index in [-0.39, 0.29) is 23.8 Å². The van der Waals surface area contributed by atoms with Gasteiger partial charge in [0.15, 0.2) is 0 Å². The summed E-state index contributed by atoms with van der Waals surface area (Å²) in [6.45, 7) is 3.79. The molecule has 5 rings (SSSR count). The van der Waals surface area contributed by atoms with Crippen LogP contribution >= 0.6 is 11.3 Å². The summed E-state index contributed by atoms with van der Waals surface area (Å²) in [5.41, 5.74) is 3.01. The molecular weight excluding hydrogens is 412 g/mol. The van der Waals surface area contributed by atoms with Crippen LogP contribution in [0.2, 0.25) is 0 Å². The van der Waals surface area contributed by atoms with Crippen molar-refractivity contribution in [3.8, 4) is 5.13 Å². The van der Waals surface area contributed by atoms with Crippen molar-refractivity contribution in [2.24, 2.45) is 0 Å². The molecular formula is C23H20N4O3S. The second-order valence-corrected chi connectivity index (χ2v) is 8.61. The lowest BCUT2D eigenvalue weighted by molar-refractivity contribution is -0.121. The Labute approximate surface area is 181 Å². The molecule has 0 saturated carbocycles. The molecule has 156 valence electrons. The van der Waals surface area contributed by atoms with Crippen LogP contribution < -0.4 is 10.5 Å². The van der Waals surface area contributed by atoms with Gasteiger partial charge >= 0.3 is 0 Å². The Morgan fingerprint density at radius 3 is 2.55 bits per heavy atom. The molecule has 1 aliphatic rings. The predicted molar refractivity (Wildman–Crippen MR) is 120 cm³/mol. The average molecular weight is 433 g/mol. The first kappa shape index (κ1) is 19.4. The van der Waals surface area contributed by atoms with Gasteiger partial charge in [-0.3, -0.25) is 24.4 Å². The minimum atomic E-state index is -0.808. The molecule has 0 aliphatic carbocycles. The Bertz CT molecular complexity index is 1350. The molecule has 1 N–H and O–H groups in total. The summed E-state index contributed by atoms with van der Waals surface area (Å²) in [4.78, 5) is 44.9. The lowest BCUT2D eigenvalue weighted by Gasteiger charge is -2.15. The van der Waals surface area contributed by atoms with Gasteiger partial charge in [0.05, 0.1) is 27.4 Å². The summed E-state index contributed by atoms with van der Waals surface area (Å²) < 4.78 is 2.33. The molecule has 1 atom stereocenters. The molecule has 1 saturated heterocycles. The van der Waals surface area contributed by atoms with Gasteiger partial charge in [0.25, 0.3) is 5.56 Å². The standard InChI is InChI=1S/C23H20N4O3S/c1-3-14-8-10-15(11-9-14)26-19(28)12-16(21(26)29)20-13(2)25-27(22(20)30)23-24-17-6-4-5-7-18(17)31-23/h4-11,16,25H,3,12H2,1-2H3. The number of H-pyrrole nitrogens is 1. The van der Waals surface area contributed by atoms with E-state index >= 15 is 0 Å². The fraction of sp³-hybridized carbons (Fsp3) is 0.217. The number of aromatic amines is 1. The Kier molecular flexibility index (Phi) is 4.59. The fourth-order valence-corrected chi connectivity index (χ4v) is 5.00. The largest absolute Gasteiger partial charge is 0.293 e. The molecule has 4 aromatic rings. The fourth-order valence-electron chi connectivity index (χ4n) is 4.07. The minimum Gasteiger partial charge on any atom is -0.293 e. The van der Waals surface area contributed by atoms with Crippen LogP contribution in [0.3, 0.4) is 0 Å². The van der Waals surface area contributed by atoms with Crippen LogP contribution in [-0.4, -0.2) is 26.6 Å². The summed E-state index contributed by atoms with van der Waals surface area (Å²) >= 11 is 1.39. The van der Waals surface area contributed by atoms with Gasteiger partial charge in [0.2, 0.25) is 16.9 Å². The van der Waals surface area contributed by atoms with Crippen molar-refractivity contribution in [1.29, 1.82) is 0 Å². The second kappa shape index (κ2) is 7.31. The Morgan fingerprint density at radius 1 is 1.10 bits per heavy atom. The summed E-state index contributed by atoms with van der Waals surface area (Å²) in [6, 6.07) is 15.0. The normalized spacial score (nSPS) is 16.6. The number of para-hydroxylation sites is 1. The summed E-state index contributed by atoms with van der Waals surface area (Å²) in [5, 5.41) is 3.55. The first-order chi connectivity index (χ1) is 15.0. The quantitative estimate of drug-likeness (QED) is 0.498. The molecule has 2 aromatic heterocycles. The van der Waals surface area contributed by atoms with Crippen LogP contribution in [0.5, 0.6) is 0 Å². The second-order valence-electron chi connectivity index (χ2n) is 7.60. The number of imide groups is 1. The zero-order chi connectivity index (χ0) is 21.7. The van der Waals surface area contributed by atoms with Crippen molar-refractivity contribution in [2.45, 2.75) is 32.6 Å². The highest BCUT2D eigenvalue weighted by Crippen LogP contribution is 2.33. The lowest BCUT2D eigenvalue weighted by Crippen LogP contribution is -2.31. The van der Waals surface area contributed by atoms with Crippen molar-refractivity contribution < 1.29 is 9.59 Å². The smallest absolute Gasteiger partial charge is 0.277 e. The number of amides is 2. The number of hydrogen-bond donors (Lipinski definition) is 1. The van der Waals surface area contributed by atoms with Gasteiger partial charge in [-0.1, -0.05) is 42.5 Å². The topological polar surface area (TPSA) is 88.1 Å². The number of aromatic nitrogens is 3. The van der Waals surface area contributed by atoms with E-state index in [0.717, 1.165) is 22.2 Å². The molecule has 31 heavy (non-hydrogen) atoms. The van der Waals surface area contributed by atoms with Crippen molar-refractivity contribution >= 4 is 39.1 Å². The number of fused-ring (bicyclic) bond motifs is 1. The van der Waals surface area contributed by atoms with Crippen LogP contribution in [0.1, 0.15) is 36.1 Å². The summed E-state index contributed by atoms with van der Waals surface area (Å²) in [5.74, 6) is -1.48. The van der Waals surface area contributed by atoms with E-state index in [2.05, 4.69) is 10.1 Å². The molecule has 7 nitrogen and oxygen atoms in total. The number of anilines is 1. The lowest BCUT2D eigenvalue weighted by atomic mass is 9.98. The molecule has 8 heteroatoms.